The maximum Gasteiger partial charge on any atom is 0.174 e. The normalized spacial score (nSPS) is 19.7. The number of rotatable bonds is 3. The molecule has 3 heterocycles. The number of hydrogen-bond donors (Lipinski definition) is 1. The smallest absolute Gasteiger partial charge is 0.174 e. The zero-order chi connectivity index (χ0) is 18.3. The Balaban J connectivity index is 1.83. The van der Waals surface area contributed by atoms with Gasteiger partial charge in [0.25, 0.3) is 0 Å². The Kier molecular flexibility index (Phi) is 4.20. The van der Waals surface area contributed by atoms with Crippen LogP contribution in [0.2, 0.25) is 0 Å². The van der Waals surface area contributed by atoms with Crippen molar-refractivity contribution in [1.29, 1.82) is 0 Å². The van der Waals surface area contributed by atoms with Gasteiger partial charge in [0.15, 0.2) is 5.11 Å². The number of thiocarbonyl (C=S) groups is 1. The molecule has 1 saturated heterocycles. The predicted molar refractivity (Wildman–Crippen MR) is 103 cm³/mol. The van der Waals surface area contributed by atoms with Crippen molar-refractivity contribution in [3.63, 3.8) is 0 Å². The molecular formula is C20H18FN3OS. The standard InChI is InChI=1S/C20H18FN3OS/c1-12-11-14(7-8-15(12)21)24-19(17-9-6-13(2)25-17)18(23-20(24)26)16-5-3-4-10-22-16/h3-11,18-19H,1-2H3,(H,23,26)/t18-,19+/m0/s1. The van der Waals surface area contributed by atoms with E-state index in [1.54, 1.807) is 25.3 Å². The number of benzene rings is 1. The predicted octanol–water partition coefficient (Wildman–Crippen LogP) is 4.61. The average molecular weight is 367 g/mol. The van der Waals surface area contributed by atoms with Crippen molar-refractivity contribution >= 4 is 23.0 Å². The van der Waals surface area contributed by atoms with Crippen molar-refractivity contribution in [1.82, 2.24) is 10.3 Å². The number of nitrogens with one attached hydrogen (secondary N) is 1. The van der Waals surface area contributed by atoms with Gasteiger partial charge in [0, 0.05) is 11.9 Å². The minimum atomic E-state index is -0.238. The van der Waals surface area contributed by atoms with Gasteiger partial charge in [0.2, 0.25) is 0 Å². The summed E-state index contributed by atoms with van der Waals surface area (Å²) in [6, 6.07) is 14.3. The van der Waals surface area contributed by atoms with Crippen LogP contribution in [0.1, 0.15) is 34.9 Å². The van der Waals surface area contributed by atoms with Gasteiger partial charge in [-0.1, -0.05) is 6.07 Å². The van der Waals surface area contributed by atoms with E-state index in [2.05, 4.69) is 10.3 Å². The van der Waals surface area contributed by atoms with Crippen LogP contribution >= 0.6 is 12.2 Å². The second-order valence-corrected chi connectivity index (χ2v) is 6.77. The van der Waals surface area contributed by atoms with Gasteiger partial charge >= 0.3 is 0 Å². The zero-order valence-electron chi connectivity index (χ0n) is 14.4. The molecule has 0 saturated carbocycles. The maximum atomic E-state index is 13.8. The Morgan fingerprint density at radius 2 is 2.00 bits per heavy atom. The van der Waals surface area contributed by atoms with Gasteiger partial charge in [-0.3, -0.25) is 4.98 Å². The number of anilines is 1. The molecule has 2 atom stereocenters. The third-order valence-corrected chi connectivity index (χ3v) is 4.88. The van der Waals surface area contributed by atoms with E-state index in [0.29, 0.717) is 10.7 Å². The van der Waals surface area contributed by atoms with Gasteiger partial charge in [0.05, 0.1) is 11.7 Å². The molecule has 0 bridgehead atoms. The molecule has 1 aliphatic rings. The Hall–Kier alpha value is -2.73. The van der Waals surface area contributed by atoms with Crippen LogP contribution in [0.5, 0.6) is 0 Å². The highest BCUT2D eigenvalue weighted by atomic mass is 32.1. The van der Waals surface area contributed by atoms with Crippen molar-refractivity contribution in [2.24, 2.45) is 0 Å². The summed E-state index contributed by atoms with van der Waals surface area (Å²) in [5, 5.41) is 3.91. The van der Waals surface area contributed by atoms with E-state index in [1.807, 2.05) is 42.2 Å². The van der Waals surface area contributed by atoms with Gasteiger partial charge in [-0.15, -0.1) is 0 Å². The van der Waals surface area contributed by atoms with E-state index in [9.17, 15) is 4.39 Å². The number of hydrogen-bond acceptors (Lipinski definition) is 3. The van der Waals surface area contributed by atoms with E-state index in [0.717, 1.165) is 22.9 Å². The van der Waals surface area contributed by atoms with E-state index < -0.39 is 0 Å². The second kappa shape index (κ2) is 6.53. The third kappa shape index (κ3) is 2.86. The Morgan fingerprint density at radius 1 is 1.15 bits per heavy atom. The molecule has 132 valence electrons. The van der Waals surface area contributed by atoms with Gasteiger partial charge in [-0.2, -0.15) is 0 Å². The fourth-order valence-electron chi connectivity index (χ4n) is 3.31. The van der Waals surface area contributed by atoms with Crippen LogP contribution in [-0.4, -0.2) is 10.1 Å². The van der Waals surface area contributed by atoms with E-state index >= 15 is 0 Å². The summed E-state index contributed by atoms with van der Waals surface area (Å²) in [7, 11) is 0. The SMILES string of the molecule is Cc1ccc([C@@H]2[C@H](c3ccccn3)NC(=S)N2c2ccc(F)c(C)c2)o1. The second-order valence-electron chi connectivity index (χ2n) is 6.38. The first-order valence-corrected chi connectivity index (χ1v) is 8.78. The summed E-state index contributed by atoms with van der Waals surface area (Å²) in [5.74, 6) is 1.37. The topological polar surface area (TPSA) is 41.3 Å². The molecule has 3 aromatic rings. The molecule has 0 radical (unpaired) electrons. The number of aromatic nitrogens is 1. The fraction of sp³-hybridized carbons (Fsp3) is 0.200. The minimum Gasteiger partial charge on any atom is -0.464 e. The molecule has 1 aromatic carbocycles. The van der Waals surface area contributed by atoms with Gasteiger partial charge < -0.3 is 14.6 Å². The molecular weight excluding hydrogens is 349 g/mol. The summed E-state index contributed by atoms with van der Waals surface area (Å²) >= 11 is 5.61. The molecule has 0 amide bonds. The van der Waals surface area contributed by atoms with Crippen LogP contribution in [0.4, 0.5) is 10.1 Å². The van der Waals surface area contributed by atoms with Crippen molar-refractivity contribution in [2.45, 2.75) is 25.9 Å². The molecule has 4 nitrogen and oxygen atoms in total. The van der Waals surface area contributed by atoms with Crippen LogP contribution in [0.3, 0.4) is 0 Å². The molecule has 1 aliphatic heterocycles. The number of pyridine rings is 1. The molecule has 1 fully saturated rings. The third-order valence-electron chi connectivity index (χ3n) is 4.57. The van der Waals surface area contributed by atoms with Crippen LogP contribution in [0.15, 0.2) is 59.1 Å². The van der Waals surface area contributed by atoms with Crippen molar-refractivity contribution < 1.29 is 8.81 Å². The van der Waals surface area contributed by atoms with E-state index in [4.69, 9.17) is 16.6 Å². The molecule has 6 heteroatoms. The Bertz CT molecular complexity index is 957. The lowest BCUT2D eigenvalue weighted by Gasteiger charge is -2.26. The van der Waals surface area contributed by atoms with Crippen LogP contribution < -0.4 is 10.2 Å². The van der Waals surface area contributed by atoms with Crippen molar-refractivity contribution in [3.05, 3.63) is 83.3 Å². The summed E-state index contributed by atoms with van der Waals surface area (Å²) in [6.45, 7) is 3.65. The van der Waals surface area contributed by atoms with Gasteiger partial charge in [0.1, 0.15) is 23.4 Å². The van der Waals surface area contributed by atoms with E-state index in [-0.39, 0.29) is 17.9 Å². The Labute approximate surface area is 156 Å². The van der Waals surface area contributed by atoms with Crippen molar-refractivity contribution in [3.8, 4) is 0 Å². The first-order chi connectivity index (χ1) is 12.5. The molecule has 0 unspecified atom stereocenters. The average Bonchev–Trinajstić information content (AvgIpc) is 3.21. The number of furan rings is 1. The quantitative estimate of drug-likeness (QED) is 0.685. The van der Waals surface area contributed by atoms with Crippen LogP contribution in [0, 0.1) is 19.7 Å². The minimum absolute atomic E-state index is 0.167. The molecule has 4 rings (SSSR count). The van der Waals surface area contributed by atoms with Crippen molar-refractivity contribution in [2.75, 3.05) is 4.90 Å². The lowest BCUT2D eigenvalue weighted by molar-refractivity contribution is 0.418. The molecule has 0 aliphatic carbocycles. The lowest BCUT2D eigenvalue weighted by Crippen LogP contribution is -2.29. The summed E-state index contributed by atoms with van der Waals surface area (Å²) in [4.78, 5) is 6.46. The Morgan fingerprint density at radius 3 is 2.65 bits per heavy atom. The molecule has 26 heavy (non-hydrogen) atoms. The summed E-state index contributed by atoms with van der Waals surface area (Å²) < 4.78 is 19.7. The first kappa shape index (κ1) is 16.7. The summed E-state index contributed by atoms with van der Waals surface area (Å²) in [5.41, 5.74) is 2.26. The summed E-state index contributed by atoms with van der Waals surface area (Å²) in [6.07, 6.45) is 1.76. The number of halogens is 1. The molecule has 0 spiro atoms. The van der Waals surface area contributed by atoms with Gasteiger partial charge in [-0.05, 0) is 74.1 Å². The maximum absolute atomic E-state index is 13.8. The number of nitrogens with zero attached hydrogens (tertiary/aromatic N) is 2. The number of aryl methyl sites for hydroxylation is 2. The molecule has 2 aromatic heterocycles. The molecule has 1 N–H and O–H groups in total. The van der Waals surface area contributed by atoms with Crippen LogP contribution in [-0.2, 0) is 0 Å². The largest absolute Gasteiger partial charge is 0.464 e. The highest BCUT2D eigenvalue weighted by Crippen LogP contribution is 2.42. The fourth-order valence-corrected chi connectivity index (χ4v) is 3.66. The zero-order valence-corrected chi connectivity index (χ0v) is 15.3. The van der Waals surface area contributed by atoms with Crippen LogP contribution in [0.25, 0.3) is 0 Å². The first-order valence-electron chi connectivity index (χ1n) is 8.38. The van der Waals surface area contributed by atoms with E-state index in [1.165, 1.54) is 6.07 Å². The monoisotopic (exact) mass is 367 g/mol. The van der Waals surface area contributed by atoms with Gasteiger partial charge in [-0.25, -0.2) is 4.39 Å². The lowest BCUT2D eigenvalue weighted by atomic mass is 10.0. The highest BCUT2D eigenvalue weighted by molar-refractivity contribution is 7.80. The highest BCUT2D eigenvalue weighted by Gasteiger charge is 2.42.